The van der Waals surface area contributed by atoms with Gasteiger partial charge in [0.2, 0.25) is 0 Å². The molecule has 1 rings (SSSR count). The number of esters is 1. The van der Waals surface area contributed by atoms with Crippen LogP contribution in [0.15, 0.2) is 12.3 Å². The maximum absolute atomic E-state index is 11.5. The molecule has 0 saturated carbocycles. The van der Waals surface area contributed by atoms with E-state index < -0.39 is 5.97 Å². The van der Waals surface area contributed by atoms with Crippen molar-refractivity contribution in [2.24, 2.45) is 5.92 Å². The van der Waals surface area contributed by atoms with E-state index in [9.17, 15) is 4.79 Å². The van der Waals surface area contributed by atoms with Gasteiger partial charge in [-0.25, -0.2) is 9.78 Å². The Morgan fingerprint density at radius 1 is 1.67 bits per heavy atom. The van der Waals surface area contributed by atoms with Crippen molar-refractivity contribution in [1.29, 1.82) is 0 Å². The molecule has 15 heavy (non-hydrogen) atoms. The molecular weight excluding hydrogens is 216 g/mol. The van der Waals surface area contributed by atoms with Crippen LogP contribution >= 0.6 is 11.6 Å². The predicted octanol–water partition coefficient (Wildman–Crippen LogP) is 2.13. The number of hydrogen-bond acceptors (Lipinski definition) is 4. The Labute approximate surface area is 93.4 Å². The summed E-state index contributed by atoms with van der Waals surface area (Å²) in [6, 6.07) is 1.40. The first-order chi connectivity index (χ1) is 7.00. The number of pyridine rings is 1. The molecule has 0 atom stereocenters. The lowest BCUT2D eigenvalue weighted by atomic mass is 10.2. The van der Waals surface area contributed by atoms with E-state index in [-0.39, 0.29) is 22.3 Å². The summed E-state index contributed by atoms with van der Waals surface area (Å²) in [7, 11) is 0. The third kappa shape index (κ3) is 3.40. The average Bonchev–Trinajstić information content (AvgIpc) is 2.18. The minimum absolute atomic E-state index is 0.223. The van der Waals surface area contributed by atoms with Gasteiger partial charge in [0.25, 0.3) is 0 Å². The fraction of sp³-hybridized carbons (Fsp3) is 0.400. The minimum atomic E-state index is -0.467. The fourth-order valence-electron chi connectivity index (χ4n) is 0.937. The van der Waals surface area contributed by atoms with Gasteiger partial charge >= 0.3 is 5.97 Å². The first kappa shape index (κ1) is 11.8. The number of nitrogens with zero attached hydrogens (tertiary/aromatic N) is 1. The molecule has 0 amide bonds. The van der Waals surface area contributed by atoms with Crippen LogP contribution in [-0.2, 0) is 4.74 Å². The van der Waals surface area contributed by atoms with Crippen molar-refractivity contribution in [2.45, 2.75) is 13.8 Å². The van der Waals surface area contributed by atoms with E-state index >= 15 is 0 Å². The van der Waals surface area contributed by atoms with E-state index in [0.717, 1.165) is 0 Å². The van der Waals surface area contributed by atoms with Crippen molar-refractivity contribution in [1.82, 2.24) is 4.98 Å². The molecule has 0 unspecified atom stereocenters. The number of aromatic nitrogens is 1. The Hall–Kier alpha value is -1.29. The summed E-state index contributed by atoms with van der Waals surface area (Å²) >= 11 is 5.65. The van der Waals surface area contributed by atoms with Gasteiger partial charge in [-0.15, -0.1) is 0 Å². The van der Waals surface area contributed by atoms with E-state index in [1.807, 2.05) is 13.8 Å². The molecule has 1 aromatic rings. The van der Waals surface area contributed by atoms with Crippen LogP contribution in [0.2, 0.25) is 5.15 Å². The van der Waals surface area contributed by atoms with Crippen LogP contribution in [0.3, 0.4) is 0 Å². The van der Waals surface area contributed by atoms with Crippen molar-refractivity contribution >= 4 is 23.3 Å². The van der Waals surface area contributed by atoms with Gasteiger partial charge in [0.05, 0.1) is 24.1 Å². The molecule has 0 spiro atoms. The number of nitrogens with two attached hydrogens (primary N) is 1. The van der Waals surface area contributed by atoms with Crippen molar-refractivity contribution in [3.05, 3.63) is 23.0 Å². The van der Waals surface area contributed by atoms with Crippen LogP contribution in [0.1, 0.15) is 24.2 Å². The quantitative estimate of drug-likeness (QED) is 0.636. The molecule has 0 radical (unpaired) electrons. The third-order valence-electron chi connectivity index (χ3n) is 1.67. The third-order valence-corrected chi connectivity index (χ3v) is 1.88. The lowest BCUT2D eigenvalue weighted by molar-refractivity contribution is 0.0460. The first-order valence-corrected chi connectivity index (χ1v) is 4.96. The highest BCUT2D eigenvalue weighted by atomic mass is 35.5. The molecule has 1 aromatic heterocycles. The molecule has 0 aliphatic heterocycles. The van der Waals surface area contributed by atoms with Gasteiger partial charge in [-0.05, 0) is 12.0 Å². The number of anilines is 1. The summed E-state index contributed by atoms with van der Waals surface area (Å²) in [5.74, 6) is -0.182. The highest BCUT2D eigenvalue weighted by molar-refractivity contribution is 6.29. The van der Waals surface area contributed by atoms with Gasteiger partial charge in [0.15, 0.2) is 0 Å². The molecule has 0 fully saturated rings. The van der Waals surface area contributed by atoms with Gasteiger partial charge in [-0.1, -0.05) is 25.4 Å². The topological polar surface area (TPSA) is 65.2 Å². The second-order valence-corrected chi connectivity index (χ2v) is 3.97. The van der Waals surface area contributed by atoms with Gasteiger partial charge in [-0.2, -0.15) is 0 Å². The zero-order chi connectivity index (χ0) is 11.4. The second-order valence-electron chi connectivity index (χ2n) is 3.59. The molecule has 5 heteroatoms. The number of halogens is 1. The summed E-state index contributed by atoms with van der Waals surface area (Å²) in [5, 5.41) is 0.223. The Bertz CT molecular complexity index is 366. The molecule has 82 valence electrons. The normalized spacial score (nSPS) is 10.4. The van der Waals surface area contributed by atoms with Gasteiger partial charge < -0.3 is 10.5 Å². The standard InChI is InChI=1S/C10H13ClN2O2/c1-6(2)5-15-10(14)7-3-9(11)13-4-8(7)12/h3-4,6H,5,12H2,1-2H3. The van der Waals surface area contributed by atoms with E-state index in [1.165, 1.54) is 12.3 Å². The van der Waals surface area contributed by atoms with Gasteiger partial charge in [0.1, 0.15) is 5.15 Å². The molecule has 0 aromatic carbocycles. The zero-order valence-corrected chi connectivity index (χ0v) is 9.41. The lowest BCUT2D eigenvalue weighted by Crippen LogP contribution is -2.12. The van der Waals surface area contributed by atoms with Crippen LogP contribution in [0.4, 0.5) is 5.69 Å². The molecule has 2 N–H and O–H groups in total. The van der Waals surface area contributed by atoms with Crippen molar-refractivity contribution < 1.29 is 9.53 Å². The van der Waals surface area contributed by atoms with Gasteiger partial charge in [0, 0.05) is 0 Å². The number of carbonyl (C=O) groups excluding carboxylic acids is 1. The summed E-state index contributed by atoms with van der Waals surface area (Å²) in [5.41, 5.74) is 6.11. The Kier molecular flexibility index (Phi) is 3.91. The second kappa shape index (κ2) is 4.98. The maximum Gasteiger partial charge on any atom is 0.340 e. The molecule has 0 saturated heterocycles. The number of nitrogen functional groups attached to an aromatic ring is 1. The minimum Gasteiger partial charge on any atom is -0.462 e. The van der Waals surface area contributed by atoms with Crippen LogP contribution < -0.4 is 5.73 Å². The average molecular weight is 229 g/mol. The van der Waals surface area contributed by atoms with E-state index in [0.29, 0.717) is 6.61 Å². The Morgan fingerprint density at radius 2 is 2.33 bits per heavy atom. The molecule has 0 bridgehead atoms. The summed E-state index contributed by atoms with van der Waals surface area (Å²) in [4.78, 5) is 15.3. The Balaban J connectivity index is 2.77. The highest BCUT2D eigenvalue weighted by Crippen LogP contribution is 2.16. The predicted molar refractivity (Wildman–Crippen MR) is 58.8 cm³/mol. The SMILES string of the molecule is CC(C)COC(=O)c1cc(Cl)ncc1N. The monoisotopic (exact) mass is 228 g/mol. The van der Waals surface area contributed by atoms with E-state index in [1.54, 1.807) is 0 Å². The number of hydrogen-bond donors (Lipinski definition) is 1. The maximum atomic E-state index is 11.5. The Morgan fingerprint density at radius 3 is 2.93 bits per heavy atom. The molecule has 1 heterocycles. The first-order valence-electron chi connectivity index (χ1n) is 4.59. The number of rotatable bonds is 3. The van der Waals surface area contributed by atoms with E-state index in [4.69, 9.17) is 22.1 Å². The van der Waals surface area contributed by atoms with Crippen molar-refractivity contribution in [2.75, 3.05) is 12.3 Å². The summed E-state index contributed by atoms with van der Waals surface area (Å²) in [6.45, 7) is 4.27. The molecular formula is C10H13ClN2O2. The number of carbonyl (C=O) groups is 1. The fourth-order valence-corrected chi connectivity index (χ4v) is 1.10. The van der Waals surface area contributed by atoms with Crippen LogP contribution in [0, 0.1) is 5.92 Å². The van der Waals surface area contributed by atoms with Crippen LogP contribution in [0.25, 0.3) is 0 Å². The number of ether oxygens (including phenoxy) is 1. The smallest absolute Gasteiger partial charge is 0.340 e. The molecule has 0 aliphatic carbocycles. The van der Waals surface area contributed by atoms with E-state index in [2.05, 4.69) is 4.98 Å². The van der Waals surface area contributed by atoms with Crippen molar-refractivity contribution in [3.63, 3.8) is 0 Å². The molecule has 0 aliphatic rings. The largest absolute Gasteiger partial charge is 0.462 e. The summed E-state index contributed by atoms with van der Waals surface area (Å²) in [6.07, 6.45) is 1.34. The highest BCUT2D eigenvalue weighted by Gasteiger charge is 2.12. The van der Waals surface area contributed by atoms with Crippen LogP contribution in [-0.4, -0.2) is 17.6 Å². The lowest BCUT2D eigenvalue weighted by Gasteiger charge is -2.08. The molecule has 4 nitrogen and oxygen atoms in total. The van der Waals surface area contributed by atoms with Crippen molar-refractivity contribution in [3.8, 4) is 0 Å². The summed E-state index contributed by atoms with van der Waals surface area (Å²) < 4.78 is 5.02. The van der Waals surface area contributed by atoms with Gasteiger partial charge in [-0.3, -0.25) is 0 Å². The van der Waals surface area contributed by atoms with Crippen LogP contribution in [0.5, 0.6) is 0 Å². The zero-order valence-electron chi connectivity index (χ0n) is 8.66.